The molecule has 3 rings (SSSR count). The van der Waals surface area contributed by atoms with Crippen molar-refractivity contribution in [1.82, 2.24) is 15.1 Å². The lowest BCUT2D eigenvalue weighted by Gasteiger charge is -2.33. The van der Waals surface area contributed by atoms with Gasteiger partial charge in [-0.15, -0.1) is 0 Å². The van der Waals surface area contributed by atoms with Gasteiger partial charge in [-0.2, -0.15) is 0 Å². The second-order valence-corrected chi connectivity index (χ2v) is 12.3. The number of carboxylic acids is 1. The van der Waals surface area contributed by atoms with Crippen LogP contribution in [0.2, 0.25) is 0 Å². The molecule has 3 amide bonds. The van der Waals surface area contributed by atoms with Crippen molar-refractivity contribution < 1.29 is 38.5 Å². The standard InChI is InChI=1S/C32H47N3O8/c1-32(2,3)43-31(40)34-17-14-22(15-18-34)10-13-28(36)35-16-6-7-24(21-35)30(39)33-25(20-29(37)38)11-8-23-9-12-26(41-4)27(19-23)42-5/h9-10,12-13,19,22,24-25H,6-8,11,14-18,20-21H2,1-5H3,(H,33,39)(H,37,38)/b13-10+/t24-,25-/m1/s1. The number of aryl methyl sites for hydroxylation is 1. The van der Waals surface area contributed by atoms with Gasteiger partial charge in [0, 0.05) is 32.2 Å². The molecule has 43 heavy (non-hydrogen) atoms. The van der Waals surface area contributed by atoms with Gasteiger partial charge >= 0.3 is 12.1 Å². The van der Waals surface area contributed by atoms with Gasteiger partial charge in [-0.3, -0.25) is 14.4 Å². The van der Waals surface area contributed by atoms with Crippen molar-refractivity contribution in [2.24, 2.45) is 11.8 Å². The molecule has 11 nitrogen and oxygen atoms in total. The molecular formula is C32H47N3O8. The van der Waals surface area contributed by atoms with Crippen LogP contribution in [0.25, 0.3) is 0 Å². The number of likely N-dealkylation sites (tertiary alicyclic amines) is 2. The quantitative estimate of drug-likeness (QED) is 0.363. The third kappa shape index (κ3) is 10.8. The molecule has 2 heterocycles. The van der Waals surface area contributed by atoms with Gasteiger partial charge in [-0.25, -0.2) is 4.79 Å². The van der Waals surface area contributed by atoms with Crippen molar-refractivity contribution in [3.63, 3.8) is 0 Å². The van der Waals surface area contributed by atoms with Crippen LogP contribution in [0, 0.1) is 11.8 Å². The fraction of sp³-hybridized carbons (Fsp3) is 0.625. The number of nitrogens with zero attached hydrogens (tertiary/aromatic N) is 2. The SMILES string of the molecule is COc1ccc(CC[C@H](CC(=O)O)NC(=O)[C@@H]2CCCN(C(=O)/C=C/C3CCN(C(=O)OC(C)(C)C)CC3)C2)cc1OC. The van der Waals surface area contributed by atoms with Crippen LogP contribution in [0.1, 0.15) is 64.9 Å². The second kappa shape index (κ2) is 15.6. The molecule has 1 aromatic rings. The van der Waals surface area contributed by atoms with Gasteiger partial charge in [0.2, 0.25) is 11.8 Å². The fourth-order valence-corrected chi connectivity index (χ4v) is 5.45. The van der Waals surface area contributed by atoms with Crippen LogP contribution in [-0.2, 0) is 25.5 Å². The van der Waals surface area contributed by atoms with Gasteiger partial charge in [-0.05, 0) is 89.0 Å². The summed E-state index contributed by atoms with van der Waals surface area (Å²) in [4.78, 5) is 53.4. The van der Waals surface area contributed by atoms with Crippen LogP contribution >= 0.6 is 0 Å². The highest BCUT2D eigenvalue weighted by atomic mass is 16.6. The van der Waals surface area contributed by atoms with Gasteiger partial charge in [0.1, 0.15) is 5.60 Å². The molecular weight excluding hydrogens is 554 g/mol. The Morgan fingerprint density at radius 3 is 2.35 bits per heavy atom. The van der Waals surface area contributed by atoms with Crippen molar-refractivity contribution in [3.05, 3.63) is 35.9 Å². The molecule has 2 aliphatic heterocycles. The molecule has 0 aliphatic carbocycles. The van der Waals surface area contributed by atoms with Crippen LogP contribution in [-0.4, -0.2) is 90.8 Å². The van der Waals surface area contributed by atoms with Crippen molar-refractivity contribution in [3.8, 4) is 11.5 Å². The normalized spacial score (nSPS) is 18.7. The lowest BCUT2D eigenvalue weighted by Crippen LogP contribution is -2.47. The number of carbonyl (C=O) groups is 4. The average Bonchev–Trinajstić information content (AvgIpc) is 2.97. The summed E-state index contributed by atoms with van der Waals surface area (Å²) >= 11 is 0. The van der Waals surface area contributed by atoms with Crippen molar-refractivity contribution in [2.75, 3.05) is 40.4 Å². The number of aliphatic carboxylic acids is 1. The highest BCUT2D eigenvalue weighted by Crippen LogP contribution is 2.28. The van der Waals surface area contributed by atoms with E-state index in [1.54, 1.807) is 36.2 Å². The maximum absolute atomic E-state index is 13.2. The molecule has 2 atom stereocenters. The number of rotatable bonds is 11. The zero-order chi connectivity index (χ0) is 31.6. The van der Waals surface area contributed by atoms with E-state index in [0.717, 1.165) is 18.4 Å². The van der Waals surface area contributed by atoms with Crippen molar-refractivity contribution in [1.29, 1.82) is 0 Å². The summed E-state index contributed by atoms with van der Waals surface area (Å²) in [5, 5.41) is 12.4. The topological polar surface area (TPSA) is 135 Å². The molecule has 0 unspecified atom stereocenters. The monoisotopic (exact) mass is 601 g/mol. The summed E-state index contributed by atoms with van der Waals surface area (Å²) in [6.45, 7) is 7.55. The largest absolute Gasteiger partial charge is 0.493 e. The van der Waals surface area contributed by atoms with Gasteiger partial charge in [0.15, 0.2) is 11.5 Å². The molecule has 2 N–H and O–H groups in total. The first-order valence-corrected chi connectivity index (χ1v) is 15.1. The summed E-state index contributed by atoms with van der Waals surface area (Å²) < 4.78 is 16.1. The zero-order valence-corrected chi connectivity index (χ0v) is 26.1. The number of carbonyl (C=O) groups excluding carboxylic acids is 3. The number of amides is 3. The third-order valence-corrected chi connectivity index (χ3v) is 7.80. The molecule has 0 radical (unpaired) electrons. The Bertz CT molecular complexity index is 1150. The summed E-state index contributed by atoms with van der Waals surface area (Å²) in [6, 6.07) is 4.99. The number of hydrogen-bond acceptors (Lipinski definition) is 7. The van der Waals surface area contributed by atoms with Crippen LogP contribution in [0.5, 0.6) is 11.5 Å². The Morgan fingerprint density at radius 1 is 1.02 bits per heavy atom. The van der Waals surface area contributed by atoms with Gasteiger partial charge in [0.25, 0.3) is 0 Å². The lowest BCUT2D eigenvalue weighted by atomic mass is 9.94. The van der Waals surface area contributed by atoms with Gasteiger partial charge in [0.05, 0.1) is 26.6 Å². The van der Waals surface area contributed by atoms with Crippen LogP contribution in [0.15, 0.2) is 30.4 Å². The van der Waals surface area contributed by atoms with Crippen LogP contribution in [0.4, 0.5) is 4.79 Å². The Kier molecular flexibility index (Phi) is 12.3. The molecule has 0 saturated carbocycles. The number of nitrogens with one attached hydrogen (secondary N) is 1. The number of allylic oxidation sites excluding steroid dienone is 1. The number of carboxylic acid groups (broad SMARTS) is 1. The zero-order valence-electron chi connectivity index (χ0n) is 26.1. The highest BCUT2D eigenvalue weighted by molar-refractivity contribution is 5.88. The Morgan fingerprint density at radius 2 is 1.72 bits per heavy atom. The number of methoxy groups -OCH3 is 2. The second-order valence-electron chi connectivity index (χ2n) is 12.3. The summed E-state index contributed by atoms with van der Waals surface area (Å²) in [7, 11) is 3.12. The van der Waals surface area contributed by atoms with E-state index in [1.807, 2.05) is 39.0 Å². The molecule has 238 valence electrons. The predicted octanol–water partition coefficient (Wildman–Crippen LogP) is 4.04. The number of hydrogen-bond donors (Lipinski definition) is 2. The number of benzene rings is 1. The lowest BCUT2D eigenvalue weighted by molar-refractivity contribution is -0.138. The first-order chi connectivity index (χ1) is 20.4. The molecule has 2 fully saturated rings. The van der Waals surface area contributed by atoms with Crippen molar-refractivity contribution in [2.45, 2.75) is 77.4 Å². The van der Waals surface area contributed by atoms with E-state index in [-0.39, 0.29) is 30.2 Å². The molecule has 1 aromatic carbocycles. The maximum atomic E-state index is 13.2. The first-order valence-electron chi connectivity index (χ1n) is 15.1. The van der Waals surface area contributed by atoms with Crippen molar-refractivity contribution >= 4 is 23.9 Å². The van der Waals surface area contributed by atoms with E-state index in [9.17, 15) is 24.3 Å². The smallest absolute Gasteiger partial charge is 0.410 e. The van der Waals surface area contributed by atoms with E-state index in [1.165, 1.54) is 0 Å². The Labute approximate surface area is 254 Å². The molecule has 11 heteroatoms. The first kappa shape index (κ1) is 33.7. The third-order valence-electron chi connectivity index (χ3n) is 7.80. The Hall–Kier alpha value is -3.76. The van der Waals surface area contributed by atoms with Crippen LogP contribution < -0.4 is 14.8 Å². The van der Waals surface area contributed by atoms with Gasteiger partial charge < -0.3 is 34.4 Å². The molecule has 0 bridgehead atoms. The molecule has 2 aliphatic rings. The van der Waals surface area contributed by atoms with E-state index < -0.39 is 23.5 Å². The van der Waals surface area contributed by atoms with Gasteiger partial charge in [-0.1, -0.05) is 12.1 Å². The summed E-state index contributed by atoms with van der Waals surface area (Å²) in [5.74, 6) is -0.366. The van der Waals surface area contributed by atoms with Crippen LogP contribution in [0.3, 0.4) is 0 Å². The molecule has 0 spiro atoms. The predicted molar refractivity (Wildman–Crippen MR) is 161 cm³/mol. The fourth-order valence-electron chi connectivity index (χ4n) is 5.45. The van der Waals surface area contributed by atoms with E-state index in [0.29, 0.717) is 63.4 Å². The molecule has 0 aromatic heterocycles. The minimum absolute atomic E-state index is 0.136. The minimum atomic E-state index is -0.986. The highest BCUT2D eigenvalue weighted by Gasteiger charge is 2.30. The minimum Gasteiger partial charge on any atom is -0.493 e. The molecule has 2 saturated heterocycles. The Balaban J connectivity index is 1.50. The average molecular weight is 602 g/mol. The summed E-state index contributed by atoms with van der Waals surface area (Å²) in [6.07, 6.45) is 6.83. The van der Waals surface area contributed by atoms with E-state index in [4.69, 9.17) is 14.2 Å². The number of piperidine rings is 2. The van der Waals surface area contributed by atoms with E-state index >= 15 is 0 Å². The number of ether oxygens (including phenoxy) is 3. The maximum Gasteiger partial charge on any atom is 0.410 e. The summed E-state index contributed by atoms with van der Waals surface area (Å²) in [5.41, 5.74) is 0.408. The van der Waals surface area contributed by atoms with E-state index in [2.05, 4.69) is 5.32 Å².